The first-order valence-corrected chi connectivity index (χ1v) is 8.16. The van der Waals surface area contributed by atoms with Gasteiger partial charge in [-0.3, -0.25) is 5.10 Å². The molecule has 6 nitrogen and oxygen atoms in total. The number of aromatic nitrogens is 2. The first-order valence-electron chi connectivity index (χ1n) is 6.72. The van der Waals surface area contributed by atoms with Crippen molar-refractivity contribution in [2.75, 3.05) is 13.1 Å². The number of sulfonamides is 1. The lowest BCUT2D eigenvalue weighted by atomic mass is 9.94. The highest BCUT2D eigenvalue weighted by Crippen LogP contribution is 2.26. The van der Waals surface area contributed by atoms with Crippen LogP contribution in [0.1, 0.15) is 38.2 Å². The summed E-state index contributed by atoms with van der Waals surface area (Å²) in [4.78, 5) is 0. The van der Waals surface area contributed by atoms with Gasteiger partial charge >= 0.3 is 0 Å². The molecule has 0 amide bonds. The number of nitrogens with one attached hydrogen (secondary N) is 1. The summed E-state index contributed by atoms with van der Waals surface area (Å²) in [6.45, 7) is 2.94. The zero-order chi connectivity index (χ0) is 13.9. The fraction of sp³-hybridized carbons (Fsp3) is 0.750. The number of hydrogen-bond donors (Lipinski definition) is 2. The molecule has 0 unspecified atom stereocenters. The predicted octanol–water partition coefficient (Wildman–Crippen LogP) is 1.10. The Kier molecular flexibility index (Phi) is 4.59. The zero-order valence-corrected chi connectivity index (χ0v) is 12.0. The molecule has 1 saturated heterocycles. The van der Waals surface area contributed by atoms with Gasteiger partial charge in [-0.2, -0.15) is 9.40 Å². The molecule has 1 aliphatic rings. The van der Waals surface area contributed by atoms with Crippen LogP contribution in [0, 0.1) is 5.92 Å². The maximum atomic E-state index is 12.4. The molecule has 108 valence electrons. The topological polar surface area (TPSA) is 86.3 Å². The van der Waals surface area contributed by atoms with Gasteiger partial charge < -0.3 is 5.11 Å². The minimum Gasteiger partial charge on any atom is -0.392 e. The minimum absolute atomic E-state index is 0.0314. The van der Waals surface area contributed by atoms with E-state index in [1.807, 2.05) is 0 Å². The lowest BCUT2D eigenvalue weighted by Crippen LogP contribution is -2.38. The summed E-state index contributed by atoms with van der Waals surface area (Å²) in [5.41, 5.74) is 0.329. The van der Waals surface area contributed by atoms with Crippen molar-refractivity contribution in [3.05, 3.63) is 11.8 Å². The highest BCUT2D eigenvalue weighted by Gasteiger charge is 2.31. The number of aliphatic hydroxyl groups is 1. The van der Waals surface area contributed by atoms with Gasteiger partial charge in [0.15, 0.2) is 5.03 Å². The largest absolute Gasteiger partial charge is 0.392 e. The average molecular weight is 287 g/mol. The van der Waals surface area contributed by atoms with Gasteiger partial charge in [0.1, 0.15) is 0 Å². The molecule has 0 bridgehead atoms. The number of hydrogen-bond acceptors (Lipinski definition) is 4. The third kappa shape index (κ3) is 2.98. The summed E-state index contributed by atoms with van der Waals surface area (Å²) in [6.07, 6.45) is 5.49. The van der Waals surface area contributed by atoms with Gasteiger partial charge in [-0.1, -0.05) is 19.8 Å². The highest BCUT2D eigenvalue weighted by molar-refractivity contribution is 7.89. The smallest absolute Gasteiger partial charge is 0.260 e. The molecule has 0 atom stereocenters. The van der Waals surface area contributed by atoms with E-state index in [2.05, 4.69) is 17.1 Å². The van der Waals surface area contributed by atoms with Crippen LogP contribution in [0.3, 0.4) is 0 Å². The van der Waals surface area contributed by atoms with Gasteiger partial charge in [0.25, 0.3) is 10.0 Å². The lowest BCUT2D eigenvalue weighted by Gasteiger charge is -2.30. The molecule has 0 radical (unpaired) electrons. The standard InChI is InChI=1S/C12H21N3O3S/c1-2-3-10-4-6-15(7-5-10)19(17,18)12-11(9-16)8-13-14-12/h8,10,16H,2-7,9H2,1H3,(H,13,14). The number of aliphatic hydroxyl groups excluding tert-OH is 1. The quantitative estimate of drug-likeness (QED) is 0.849. The van der Waals surface area contributed by atoms with E-state index >= 15 is 0 Å². The fourth-order valence-electron chi connectivity index (χ4n) is 2.61. The van der Waals surface area contributed by atoms with Crippen LogP contribution in [-0.2, 0) is 16.6 Å². The van der Waals surface area contributed by atoms with E-state index in [9.17, 15) is 8.42 Å². The van der Waals surface area contributed by atoms with Gasteiger partial charge in [-0.15, -0.1) is 0 Å². The average Bonchev–Trinajstić information content (AvgIpc) is 2.89. The Morgan fingerprint density at radius 2 is 2.16 bits per heavy atom. The fourth-order valence-corrected chi connectivity index (χ4v) is 4.18. The number of nitrogens with zero attached hydrogens (tertiary/aromatic N) is 2. The summed E-state index contributed by atoms with van der Waals surface area (Å²) in [6, 6.07) is 0. The van der Waals surface area contributed by atoms with Crippen LogP contribution in [-0.4, -0.2) is 41.1 Å². The van der Waals surface area contributed by atoms with Crippen LogP contribution in [0.25, 0.3) is 0 Å². The van der Waals surface area contributed by atoms with Crippen LogP contribution in [0.4, 0.5) is 0 Å². The second-order valence-electron chi connectivity index (χ2n) is 5.02. The molecule has 1 aliphatic heterocycles. The van der Waals surface area contributed by atoms with Crippen LogP contribution in [0.2, 0.25) is 0 Å². The van der Waals surface area contributed by atoms with Crippen LogP contribution in [0.5, 0.6) is 0 Å². The molecule has 2 N–H and O–H groups in total. The van der Waals surface area contributed by atoms with Crippen LogP contribution >= 0.6 is 0 Å². The van der Waals surface area contributed by atoms with Crippen molar-refractivity contribution in [2.24, 2.45) is 5.92 Å². The minimum atomic E-state index is -3.54. The van der Waals surface area contributed by atoms with Gasteiger partial charge in [-0.05, 0) is 18.8 Å². The van der Waals surface area contributed by atoms with Gasteiger partial charge in [0, 0.05) is 18.7 Å². The molecule has 0 spiro atoms. The van der Waals surface area contributed by atoms with Gasteiger partial charge in [0.05, 0.1) is 12.8 Å². The summed E-state index contributed by atoms with van der Waals surface area (Å²) >= 11 is 0. The van der Waals surface area contributed by atoms with E-state index < -0.39 is 10.0 Å². The third-order valence-corrected chi connectivity index (χ3v) is 5.63. The highest BCUT2D eigenvalue weighted by atomic mass is 32.2. The monoisotopic (exact) mass is 287 g/mol. The van der Waals surface area contributed by atoms with E-state index in [1.165, 1.54) is 16.9 Å². The number of aromatic amines is 1. The predicted molar refractivity (Wildman–Crippen MR) is 70.9 cm³/mol. The summed E-state index contributed by atoms with van der Waals surface area (Å²) in [5, 5.41) is 15.4. The zero-order valence-electron chi connectivity index (χ0n) is 11.2. The SMILES string of the molecule is CCCC1CCN(S(=O)(=O)c2[nH]ncc2CO)CC1. The van der Waals surface area contributed by atoms with Crippen molar-refractivity contribution in [3.63, 3.8) is 0 Å². The molecule has 0 aliphatic carbocycles. The van der Waals surface area contributed by atoms with Crippen molar-refractivity contribution in [1.82, 2.24) is 14.5 Å². The second-order valence-corrected chi connectivity index (χ2v) is 6.89. The van der Waals surface area contributed by atoms with E-state index in [4.69, 9.17) is 5.11 Å². The van der Waals surface area contributed by atoms with Crippen molar-refractivity contribution < 1.29 is 13.5 Å². The summed E-state index contributed by atoms with van der Waals surface area (Å²) in [5.74, 6) is 0.635. The third-order valence-electron chi connectivity index (χ3n) is 3.72. The van der Waals surface area contributed by atoms with E-state index in [-0.39, 0.29) is 11.6 Å². The molecule has 1 aromatic heterocycles. The normalized spacial score (nSPS) is 18.8. The van der Waals surface area contributed by atoms with Crippen LogP contribution in [0.15, 0.2) is 11.2 Å². The Morgan fingerprint density at radius 3 is 2.74 bits per heavy atom. The maximum absolute atomic E-state index is 12.4. The Labute approximate surface area is 113 Å². The van der Waals surface area contributed by atoms with Crippen LogP contribution < -0.4 is 0 Å². The molecule has 1 aromatic rings. The van der Waals surface area contributed by atoms with Crippen molar-refractivity contribution in [1.29, 1.82) is 0 Å². The van der Waals surface area contributed by atoms with Gasteiger partial charge in [-0.25, -0.2) is 8.42 Å². The van der Waals surface area contributed by atoms with Crippen molar-refractivity contribution in [3.8, 4) is 0 Å². The number of piperidine rings is 1. The molecular formula is C12H21N3O3S. The Bertz CT molecular complexity index is 504. The van der Waals surface area contributed by atoms with Gasteiger partial charge in [0.2, 0.25) is 0 Å². The van der Waals surface area contributed by atoms with E-state index in [1.54, 1.807) is 0 Å². The molecule has 0 saturated carbocycles. The molecule has 7 heteroatoms. The summed E-state index contributed by atoms with van der Waals surface area (Å²) in [7, 11) is -3.54. The van der Waals surface area contributed by atoms with E-state index in [0.717, 1.165) is 19.3 Å². The molecule has 1 fully saturated rings. The lowest BCUT2D eigenvalue weighted by molar-refractivity contribution is 0.259. The Balaban J connectivity index is 2.10. The molecule has 2 heterocycles. The Hall–Kier alpha value is -0.920. The number of rotatable bonds is 5. The van der Waals surface area contributed by atoms with Crippen molar-refractivity contribution in [2.45, 2.75) is 44.2 Å². The van der Waals surface area contributed by atoms with E-state index in [0.29, 0.717) is 24.6 Å². The first-order chi connectivity index (χ1) is 9.09. The second kappa shape index (κ2) is 6.02. The summed E-state index contributed by atoms with van der Waals surface area (Å²) < 4.78 is 26.4. The maximum Gasteiger partial charge on any atom is 0.260 e. The molecule has 2 rings (SSSR count). The first kappa shape index (κ1) is 14.5. The molecular weight excluding hydrogens is 266 g/mol. The number of H-pyrrole nitrogens is 1. The molecule has 0 aromatic carbocycles. The van der Waals surface area contributed by atoms with Crippen molar-refractivity contribution >= 4 is 10.0 Å². The Morgan fingerprint density at radius 1 is 1.47 bits per heavy atom. The molecule has 19 heavy (non-hydrogen) atoms.